The fourth-order valence-corrected chi connectivity index (χ4v) is 1.10. The lowest BCUT2D eigenvalue weighted by Crippen LogP contribution is -1.87. The van der Waals surface area contributed by atoms with E-state index < -0.39 is 0 Å². The van der Waals surface area contributed by atoms with Gasteiger partial charge in [-0.15, -0.1) is 0 Å². The van der Waals surface area contributed by atoms with E-state index in [1.165, 1.54) is 0 Å². The Morgan fingerprint density at radius 2 is 2.08 bits per heavy atom. The zero-order valence-electron chi connectivity index (χ0n) is 7.69. The Hall–Kier alpha value is -1.11. The van der Waals surface area contributed by atoms with Gasteiger partial charge in [-0.1, -0.05) is 18.2 Å². The number of benzene rings is 1. The molecule has 1 heteroatoms. The standard InChI is InChI=1S/C11H13F/c1-4-9(3)10-6-5-8(2)7-11(10)12/h4-7H,1-3H3/b9-4-. The van der Waals surface area contributed by atoms with Crippen molar-refractivity contribution in [3.05, 3.63) is 41.2 Å². The van der Waals surface area contributed by atoms with Crippen molar-refractivity contribution in [3.8, 4) is 0 Å². The molecule has 64 valence electrons. The van der Waals surface area contributed by atoms with Gasteiger partial charge >= 0.3 is 0 Å². The highest BCUT2D eigenvalue weighted by molar-refractivity contribution is 5.63. The van der Waals surface area contributed by atoms with Gasteiger partial charge in [0, 0.05) is 5.56 Å². The number of hydrogen-bond donors (Lipinski definition) is 0. The summed E-state index contributed by atoms with van der Waals surface area (Å²) in [6.07, 6.45) is 1.91. The molecule has 12 heavy (non-hydrogen) atoms. The highest BCUT2D eigenvalue weighted by Crippen LogP contribution is 2.18. The van der Waals surface area contributed by atoms with Gasteiger partial charge in [-0.3, -0.25) is 0 Å². The van der Waals surface area contributed by atoms with E-state index in [0.717, 1.165) is 11.1 Å². The van der Waals surface area contributed by atoms with E-state index in [1.54, 1.807) is 6.07 Å². The lowest BCUT2D eigenvalue weighted by molar-refractivity contribution is 0.622. The first-order valence-electron chi connectivity index (χ1n) is 4.04. The summed E-state index contributed by atoms with van der Waals surface area (Å²) >= 11 is 0. The molecule has 0 atom stereocenters. The zero-order valence-corrected chi connectivity index (χ0v) is 7.69. The molecule has 1 rings (SSSR count). The second kappa shape index (κ2) is 3.53. The van der Waals surface area contributed by atoms with Crippen molar-refractivity contribution in [1.29, 1.82) is 0 Å². The van der Waals surface area contributed by atoms with Gasteiger partial charge in [0.2, 0.25) is 0 Å². The Labute approximate surface area is 72.7 Å². The predicted molar refractivity (Wildman–Crippen MR) is 50.5 cm³/mol. The second-order valence-corrected chi connectivity index (χ2v) is 2.95. The maximum atomic E-state index is 13.2. The largest absolute Gasteiger partial charge is 0.206 e. The molecular formula is C11H13F. The average Bonchev–Trinajstić information content (AvgIpc) is 2.03. The van der Waals surface area contributed by atoms with Crippen LogP contribution in [0.4, 0.5) is 4.39 Å². The van der Waals surface area contributed by atoms with E-state index in [9.17, 15) is 4.39 Å². The minimum Gasteiger partial charge on any atom is -0.206 e. The van der Waals surface area contributed by atoms with E-state index >= 15 is 0 Å². The number of halogens is 1. The highest BCUT2D eigenvalue weighted by atomic mass is 19.1. The molecule has 0 bridgehead atoms. The van der Waals surface area contributed by atoms with Crippen LogP contribution in [0.15, 0.2) is 24.3 Å². The summed E-state index contributed by atoms with van der Waals surface area (Å²) in [7, 11) is 0. The Morgan fingerprint density at radius 3 is 2.58 bits per heavy atom. The van der Waals surface area contributed by atoms with E-state index in [-0.39, 0.29) is 5.82 Å². The maximum Gasteiger partial charge on any atom is 0.130 e. The Bertz CT molecular complexity index is 311. The van der Waals surface area contributed by atoms with Crippen molar-refractivity contribution in [2.24, 2.45) is 0 Å². The molecule has 1 aromatic rings. The van der Waals surface area contributed by atoms with Crippen LogP contribution in [0.25, 0.3) is 5.57 Å². The van der Waals surface area contributed by atoms with Gasteiger partial charge < -0.3 is 0 Å². The molecule has 0 aliphatic rings. The van der Waals surface area contributed by atoms with Crippen LogP contribution in [0.1, 0.15) is 25.0 Å². The van der Waals surface area contributed by atoms with Crippen molar-refractivity contribution in [2.75, 3.05) is 0 Å². The molecule has 1 aromatic carbocycles. The van der Waals surface area contributed by atoms with E-state index in [4.69, 9.17) is 0 Å². The van der Waals surface area contributed by atoms with Gasteiger partial charge in [-0.05, 0) is 38.0 Å². The molecule has 0 aliphatic heterocycles. The van der Waals surface area contributed by atoms with Gasteiger partial charge in [-0.2, -0.15) is 0 Å². The normalized spacial score (nSPS) is 11.8. The highest BCUT2D eigenvalue weighted by Gasteiger charge is 2.01. The minimum absolute atomic E-state index is 0.134. The minimum atomic E-state index is -0.134. The lowest BCUT2D eigenvalue weighted by Gasteiger charge is -2.03. The van der Waals surface area contributed by atoms with Crippen LogP contribution in [0.3, 0.4) is 0 Å². The molecule has 0 aromatic heterocycles. The SMILES string of the molecule is C/C=C(/C)c1ccc(C)cc1F. The number of allylic oxidation sites excluding steroid dienone is 2. The van der Waals surface area contributed by atoms with Crippen LogP contribution < -0.4 is 0 Å². The zero-order chi connectivity index (χ0) is 9.14. The Kier molecular flexibility index (Phi) is 2.64. The van der Waals surface area contributed by atoms with Crippen LogP contribution in [0.2, 0.25) is 0 Å². The van der Waals surface area contributed by atoms with Crippen molar-refractivity contribution in [1.82, 2.24) is 0 Å². The topological polar surface area (TPSA) is 0 Å². The van der Waals surface area contributed by atoms with E-state index in [2.05, 4.69) is 0 Å². The first-order chi connectivity index (χ1) is 5.65. The first-order valence-corrected chi connectivity index (χ1v) is 4.04. The van der Waals surface area contributed by atoms with Crippen LogP contribution >= 0.6 is 0 Å². The summed E-state index contributed by atoms with van der Waals surface area (Å²) in [6, 6.07) is 5.30. The van der Waals surface area contributed by atoms with E-state index in [0.29, 0.717) is 5.56 Å². The molecule has 0 spiro atoms. The summed E-state index contributed by atoms with van der Waals surface area (Å²) in [5, 5.41) is 0. The summed E-state index contributed by atoms with van der Waals surface area (Å²) < 4.78 is 13.2. The summed E-state index contributed by atoms with van der Waals surface area (Å²) in [4.78, 5) is 0. The Morgan fingerprint density at radius 1 is 1.42 bits per heavy atom. The molecule has 0 saturated carbocycles. The first kappa shape index (κ1) is 8.98. The third kappa shape index (κ3) is 1.73. The van der Waals surface area contributed by atoms with E-state index in [1.807, 2.05) is 39.0 Å². The molecular weight excluding hydrogens is 151 g/mol. The predicted octanol–water partition coefficient (Wildman–Crippen LogP) is 3.56. The molecule has 0 unspecified atom stereocenters. The monoisotopic (exact) mass is 164 g/mol. The van der Waals surface area contributed by atoms with Crippen LogP contribution in [-0.4, -0.2) is 0 Å². The molecule has 0 fully saturated rings. The fourth-order valence-electron chi connectivity index (χ4n) is 1.10. The van der Waals surface area contributed by atoms with Crippen LogP contribution in [0, 0.1) is 12.7 Å². The molecule has 0 nitrogen and oxygen atoms in total. The van der Waals surface area contributed by atoms with Gasteiger partial charge in [-0.25, -0.2) is 4.39 Å². The molecule has 0 amide bonds. The average molecular weight is 164 g/mol. The van der Waals surface area contributed by atoms with Gasteiger partial charge in [0.15, 0.2) is 0 Å². The van der Waals surface area contributed by atoms with Gasteiger partial charge in [0.05, 0.1) is 0 Å². The second-order valence-electron chi connectivity index (χ2n) is 2.95. The van der Waals surface area contributed by atoms with Gasteiger partial charge in [0.25, 0.3) is 0 Å². The molecule has 0 aliphatic carbocycles. The van der Waals surface area contributed by atoms with Gasteiger partial charge in [0.1, 0.15) is 5.82 Å². The van der Waals surface area contributed by atoms with Crippen molar-refractivity contribution < 1.29 is 4.39 Å². The number of rotatable bonds is 1. The summed E-state index contributed by atoms with van der Waals surface area (Å²) in [5.41, 5.74) is 2.63. The lowest BCUT2D eigenvalue weighted by atomic mass is 10.1. The quantitative estimate of drug-likeness (QED) is 0.595. The summed E-state index contributed by atoms with van der Waals surface area (Å²) in [6.45, 7) is 5.71. The van der Waals surface area contributed by atoms with Crippen molar-refractivity contribution in [2.45, 2.75) is 20.8 Å². The van der Waals surface area contributed by atoms with Crippen LogP contribution in [0.5, 0.6) is 0 Å². The number of aryl methyl sites for hydroxylation is 1. The molecule has 0 N–H and O–H groups in total. The van der Waals surface area contributed by atoms with Crippen molar-refractivity contribution >= 4 is 5.57 Å². The fraction of sp³-hybridized carbons (Fsp3) is 0.273. The van der Waals surface area contributed by atoms with Crippen molar-refractivity contribution in [3.63, 3.8) is 0 Å². The molecule has 0 heterocycles. The maximum absolute atomic E-state index is 13.2. The summed E-state index contributed by atoms with van der Waals surface area (Å²) in [5.74, 6) is -0.134. The molecule has 0 saturated heterocycles. The smallest absolute Gasteiger partial charge is 0.130 e. The third-order valence-electron chi connectivity index (χ3n) is 1.98. The molecule has 0 radical (unpaired) electrons. The third-order valence-corrected chi connectivity index (χ3v) is 1.98. The van der Waals surface area contributed by atoms with Crippen LogP contribution in [-0.2, 0) is 0 Å². The Balaban J connectivity index is 3.18. The number of hydrogen-bond acceptors (Lipinski definition) is 0.